The zero-order chi connectivity index (χ0) is 13.2. The number of hydrogen-bond donors (Lipinski definition) is 0. The highest BCUT2D eigenvalue weighted by Gasteiger charge is 2.21. The number of aryl methyl sites for hydroxylation is 1. The summed E-state index contributed by atoms with van der Waals surface area (Å²) < 4.78 is 16.0. The van der Waals surface area contributed by atoms with Crippen molar-refractivity contribution in [2.24, 2.45) is 0 Å². The molecule has 0 unspecified atom stereocenters. The average Bonchev–Trinajstić information content (AvgIpc) is 2.12. The molecule has 5 heteroatoms. The van der Waals surface area contributed by atoms with Crippen LogP contribution in [0.4, 0.5) is 0 Å². The Balaban J connectivity index is 3.21. The fourth-order valence-electron chi connectivity index (χ4n) is 1.50. The maximum absolute atomic E-state index is 11.2. The van der Waals surface area contributed by atoms with E-state index in [2.05, 4.69) is 26.2 Å². The Hall–Kier alpha value is -1.49. The molecular formula is C12H18O4Si. The molecule has 0 aliphatic rings. The fourth-order valence-corrected chi connectivity index (χ4v) is 2.34. The van der Waals surface area contributed by atoms with Crippen molar-refractivity contribution in [3.63, 3.8) is 0 Å². The Morgan fingerprint density at radius 3 is 2.47 bits per heavy atom. The average molecular weight is 254 g/mol. The molecule has 1 aromatic heterocycles. The lowest BCUT2D eigenvalue weighted by Gasteiger charge is -2.22. The van der Waals surface area contributed by atoms with E-state index in [0.717, 1.165) is 0 Å². The Morgan fingerprint density at radius 1 is 1.41 bits per heavy atom. The first-order valence-corrected chi connectivity index (χ1v) is 8.72. The Labute approximate surface area is 102 Å². The second-order valence-corrected chi connectivity index (χ2v) is 9.13. The normalized spacial score (nSPS) is 11.1. The summed E-state index contributed by atoms with van der Waals surface area (Å²) in [4.78, 5) is 11.2. The van der Waals surface area contributed by atoms with Crippen molar-refractivity contribution in [3.05, 3.63) is 34.4 Å². The van der Waals surface area contributed by atoms with Gasteiger partial charge in [-0.1, -0.05) is 6.58 Å². The predicted octanol–water partition coefficient (Wildman–Crippen LogP) is 2.78. The molecule has 0 saturated carbocycles. The second-order valence-electron chi connectivity index (χ2n) is 4.70. The van der Waals surface area contributed by atoms with Gasteiger partial charge in [-0.15, -0.1) is 0 Å². The van der Waals surface area contributed by atoms with Crippen LogP contribution in [0.25, 0.3) is 5.76 Å². The van der Waals surface area contributed by atoms with Crippen molar-refractivity contribution in [1.82, 2.24) is 0 Å². The van der Waals surface area contributed by atoms with Crippen LogP contribution in [0, 0.1) is 6.92 Å². The highest BCUT2D eigenvalue weighted by atomic mass is 28.4. The van der Waals surface area contributed by atoms with Gasteiger partial charge in [0.25, 0.3) is 0 Å². The van der Waals surface area contributed by atoms with Crippen LogP contribution in [0.1, 0.15) is 11.3 Å². The third kappa shape index (κ3) is 3.49. The monoisotopic (exact) mass is 254 g/mol. The molecule has 0 atom stereocenters. The molecule has 0 aliphatic carbocycles. The van der Waals surface area contributed by atoms with Gasteiger partial charge in [-0.2, -0.15) is 0 Å². The van der Waals surface area contributed by atoms with Gasteiger partial charge in [-0.25, -0.2) is 4.79 Å². The highest BCUT2D eigenvalue weighted by molar-refractivity contribution is 6.70. The molecule has 1 rings (SSSR count). The van der Waals surface area contributed by atoms with Crippen molar-refractivity contribution in [3.8, 4) is 5.75 Å². The van der Waals surface area contributed by atoms with E-state index in [4.69, 9.17) is 13.6 Å². The molecule has 4 nitrogen and oxygen atoms in total. The van der Waals surface area contributed by atoms with Gasteiger partial charge in [0.05, 0.1) is 18.7 Å². The van der Waals surface area contributed by atoms with Gasteiger partial charge < -0.3 is 13.6 Å². The first-order chi connectivity index (χ1) is 7.74. The maximum atomic E-state index is 11.2. The number of methoxy groups -OCH3 is 1. The zero-order valence-electron chi connectivity index (χ0n) is 10.9. The van der Waals surface area contributed by atoms with Crippen molar-refractivity contribution in [2.45, 2.75) is 26.6 Å². The summed E-state index contributed by atoms with van der Waals surface area (Å²) in [6.45, 7) is 11.7. The third-order valence-electron chi connectivity index (χ3n) is 2.03. The van der Waals surface area contributed by atoms with Crippen molar-refractivity contribution < 1.29 is 13.6 Å². The fraction of sp³-hybridized carbons (Fsp3) is 0.417. The number of hydrogen-bond acceptors (Lipinski definition) is 4. The van der Waals surface area contributed by atoms with Crippen LogP contribution in [0.5, 0.6) is 5.75 Å². The van der Waals surface area contributed by atoms with Gasteiger partial charge in [-0.3, -0.25) is 0 Å². The lowest BCUT2D eigenvalue weighted by Crippen LogP contribution is -2.24. The van der Waals surface area contributed by atoms with Crippen LogP contribution in [0.3, 0.4) is 0 Å². The molecule has 1 aromatic rings. The Morgan fingerprint density at radius 2 is 2.00 bits per heavy atom. The van der Waals surface area contributed by atoms with E-state index in [1.807, 2.05) is 0 Å². The second kappa shape index (κ2) is 4.79. The zero-order valence-corrected chi connectivity index (χ0v) is 11.9. The van der Waals surface area contributed by atoms with E-state index < -0.39 is 13.9 Å². The molecule has 1 heterocycles. The Kier molecular flexibility index (Phi) is 3.82. The predicted molar refractivity (Wildman–Crippen MR) is 69.7 cm³/mol. The van der Waals surface area contributed by atoms with Gasteiger partial charge in [0.2, 0.25) is 8.32 Å². The highest BCUT2D eigenvalue weighted by Crippen LogP contribution is 2.29. The molecule has 17 heavy (non-hydrogen) atoms. The molecule has 94 valence electrons. The molecule has 0 bridgehead atoms. The molecule has 0 N–H and O–H groups in total. The molecule has 0 aliphatic heterocycles. The van der Waals surface area contributed by atoms with Crippen LogP contribution in [-0.4, -0.2) is 15.4 Å². The van der Waals surface area contributed by atoms with E-state index in [1.165, 1.54) is 13.2 Å². The maximum Gasteiger partial charge on any atom is 0.339 e. The van der Waals surface area contributed by atoms with E-state index in [-0.39, 0.29) is 0 Å². The van der Waals surface area contributed by atoms with Crippen molar-refractivity contribution in [2.75, 3.05) is 7.11 Å². The smallest absolute Gasteiger partial charge is 0.339 e. The van der Waals surface area contributed by atoms with E-state index in [1.54, 1.807) is 6.92 Å². The van der Waals surface area contributed by atoms with E-state index in [9.17, 15) is 4.79 Å². The lowest BCUT2D eigenvalue weighted by atomic mass is 10.2. The first kappa shape index (κ1) is 13.6. The van der Waals surface area contributed by atoms with Crippen molar-refractivity contribution in [1.29, 1.82) is 0 Å². The van der Waals surface area contributed by atoms with Crippen LogP contribution in [-0.2, 0) is 4.43 Å². The van der Waals surface area contributed by atoms with Crippen LogP contribution in [0.15, 0.2) is 21.9 Å². The first-order valence-electron chi connectivity index (χ1n) is 5.31. The summed E-state index contributed by atoms with van der Waals surface area (Å²) in [6.07, 6.45) is 0. The minimum Gasteiger partial charge on any atom is -0.544 e. The SMILES string of the molecule is C=C(O[Si](C)(C)C)c1c(OC)cc(=O)oc1C. The van der Waals surface area contributed by atoms with Gasteiger partial charge in [0, 0.05) is 0 Å². The van der Waals surface area contributed by atoms with E-state index in [0.29, 0.717) is 22.8 Å². The summed E-state index contributed by atoms with van der Waals surface area (Å²) in [5, 5.41) is 0. The van der Waals surface area contributed by atoms with Crippen molar-refractivity contribution >= 4 is 14.1 Å². The van der Waals surface area contributed by atoms with E-state index >= 15 is 0 Å². The van der Waals surface area contributed by atoms with Crippen LogP contribution >= 0.6 is 0 Å². The number of ether oxygens (including phenoxy) is 1. The third-order valence-corrected chi connectivity index (χ3v) is 2.89. The van der Waals surface area contributed by atoms with Gasteiger partial charge >= 0.3 is 5.63 Å². The summed E-state index contributed by atoms with van der Waals surface area (Å²) in [6, 6.07) is 1.29. The standard InChI is InChI=1S/C12H18O4Si/c1-8-12(9(2)16-17(4,5)6)10(14-3)7-11(13)15-8/h7H,2H2,1,3-6H3. The number of rotatable bonds is 4. The Bertz CT molecular complexity index is 482. The van der Waals surface area contributed by atoms with Gasteiger partial charge in [0.15, 0.2) is 0 Å². The van der Waals surface area contributed by atoms with Gasteiger partial charge in [0.1, 0.15) is 17.3 Å². The largest absolute Gasteiger partial charge is 0.544 e. The van der Waals surface area contributed by atoms with Crippen LogP contribution in [0.2, 0.25) is 19.6 Å². The molecule has 0 amide bonds. The summed E-state index contributed by atoms with van der Waals surface area (Å²) in [5.74, 6) is 1.38. The molecule has 0 saturated heterocycles. The minimum atomic E-state index is -1.75. The summed E-state index contributed by atoms with van der Waals surface area (Å²) in [5.41, 5.74) is 0.179. The quantitative estimate of drug-likeness (QED) is 0.612. The molecule has 0 fully saturated rings. The molecule has 0 aromatic carbocycles. The topological polar surface area (TPSA) is 48.7 Å². The molecule has 0 spiro atoms. The minimum absolute atomic E-state index is 0.432. The van der Waals surface area contributed by atoms with Crippen LogP contribution < -0.4 is 10.4 Å². The lowest BCUT2D eigenvalue weighted by molar-refractivity contribution is 0.388. The molecular weight excluding hydrogens is 236 g/mol. The summed E-state index contributed by atoms with van der Waals surface area (Å²) >= 11 is 0. The van der Waals surface area contributed by atoms with Gasteiger partial charge in [-0.05, 0) is 26.6 Å². The summed E-state index contributed by atoms with van der Waals surface area (Å²) in [7, 11) is -0.251. The molecule has 0 radical (unpaired) electrons.